The van der Waals surface area contributed by atoms with Gasteiger partial charge in [-0.2, -0.15) is 5.10 Å². The van der Waals surface area contributed by atoms with Crippen molar-refractivity contribution in [1.82, 2.24) is 10.2 Å². The van der Waals surface area contributed by atoms with Crippen molar-refractivity contribution in [2.24, 2.45) is 5.73 Å². The van der Waals surface area contributed by atoms with E-state index in [4.69, 9.17) is 10.2 Å². The van der Waals surface area contributed by atoms with Gasteiger partial charge in [0.1, 0.15) is 11.5 Å². The van der Waals surface area contributed by atoms with E-state index in [-0.39, 0.29) is 0 Å². The molecule has 0 bridgehead atoms. The molecule has 2 aromatic heterocycles. The molecule has 0 atom stereocenters. The minimum Gasteiger partial charge on any atom is -0.458 e. The molecule has 2 aromatic rings. The summed E-state index contributed by atoms with van der Waals surface area (Å²) in [6.45, 7) is 0.425. The van der Waals surface area contributed by atoms with E-state index in [0.29, 0.717) is 6.54 Å². The van der Waals surface area contributed by atoms with Gasteiger partial charge >= 0.3 is 0 Å². The van der Waals surface area contributed by atoms with E-state index >= 15 is 0 Å². The van der Waals surface area contributed by atoms with Gasteiger partial charge < -0.3 is 10.2 Å². The molecule has 0 aliphatic rings. The Labute approximate surface area is 69.4 Å². The number of furan rings is 1. The van der Waals surface area contributed by atoms with E-state index in [0.717, 1.165) is 17.2 Å². The van der Waals surface area contributed by atoms with E-state index < -0.39 is 0 Å². The molecule has 0 saturated carbocycles. The summed E-state index contributed by atoms with van der Waals surface area (Å²) in [7, 11) is 0. The van der Waals surface area contributed by atoms with Gasteiger partial charge in [0.25, 0.3) is 0 Å². The first-order valence-corrected chi connectivity index (χ1v) is 3.68. The topological polar surface area (TPSA) is 67.8 Å². The average Bonchev–Trinajstić information content (AvgIpc) is 2.75. The summed E-state index contributed by atoms with van der Waals surface area (Å²) in [5.74, 6) is 1.55. The SMILES string of the molecule is NCc1ccc(-c2ccn[nH]2)o1. The minimum atomic E-state index is 0.425. The van der Waals surface area contributed by atoms with Crippen molar-refractivity contribution in [2.45, 2.75) is 6.54 Å². The van der Waals surface area contributed by atoms with Crippen LogP contribution in [0, 0.1) is 0 Å². The van der Waals surface area contributed by atoms with E-state index in [1.54, 1.807) is 6.20 Å². The molecule has 0 amide bonds. The third kappa shape index (κ3) is 1.12. The molecule has 0 saturated heterocycles. The zero-order valence-corrected chi connectivity index (χ0v) is 6.45. The average molecular weight is 163 g/mol. The van der Waals surface area contributed by atoms with Crippen LogP contribution in [0.3, 0.4) is 0 Å². The summed E-state index contributed by atoms with van der Waals surface area (Å²) in [6, 6.07) is 5.57. The number of nitrogens with two attached hydrogens (primary N) is 1. The first kappa shape index (κ1) is 7.12. The van der Waals surface area contributed by atoms with Crippen LogP contribution < -0.4 is 5.73 Å². The third-order valence-electron chi connectivity index (χ3n) is 1.63. The zero-order chi connectivity index (χ0) is 8.39. The van der Waals surface area contributed by atoms with Crippen LogP contribution in [-0.4, -0.2) is 10.2 Å². The number of hydrogen-bond acceptors (Lipinski definition) is 3. The Bertz CT molecular complexity index is 350. The summed E-state index contributed by atoms with van der Waals surface area (Å²) in [4.78, 5) is 0. The molecule has 12 heavy (non-hydrogen) atoms. The van der Waals surface area contributed by atoms with Crippen molar-refractivity contribution in [3.63, 3.8) is 0 Å². The predicted octanol–water partition coefficient (Wildman–Crippen LogP) is 1.13. The standard InChI is InChI=1S/C8H9N3O/c9-5-6-1-2-8(12-6)7-3-4-10-11-7/h1-4H,5,9H2,(H,10,11). The number of nitrogens with zero attached hydrogens (tertiary/aromatic N) is 1. The lowest BCUT2D eigenvalue weighted by molar-refractivity contribution is 0.523. The second-order valence-electron chi connectivity index (χ2n) is 2.44. The Kier molecular flexibility index (Phi) is 1.68. The van der Waals surface area contributed by atoms with Crippen LogP contribution in [-0.2, 0) is 6.54 Å². The van der Waals surface area contributed by atoms with Gasteiger partial charge in [-0.15, -0.1) is 0 Å². The highest BCUT2D eigenvalue weighted by Gasteiger charge is 2.03. The fourth-order valence-electron chi connectivity index (χ4n) is 1.03. The molecule has 0 radical (unpaired) electrons. The summed E-state index contributed by atoms with van der Waals surface area (Å²) in [6.07, 6.45) is 1.68. The number of nitrogens with one attached hydrogen (secondary N) is 1. The largest absolute Gasteiger partial charge is 0.458 e. The molecule has 62 valence electrons. The van der Waals surface area contributed by atoms with Crippen LogP contribution in [0.1, 0.15) is 5.76 Å². The Hall–Kier alpha value is -1.55. The summed E-state index contributed by atoms with van der Waals surface area (Å²) >= 11 is 0. The third-order valence-corrected chi connectivity index (χ3v) is 1.63. The van der Waals surface area contributed by atoms with Crippen LogP contribution in [0.5, 0.6) is 0 Å². The first-order valence-electron chi connectivity index (χ1n) is 3.68. The quantitative estimate of drug-likeness (QED) is 0.697. The van der Waals surface area contributed by atoms with Crippen LogP contribution in [0.15, 0.2) is 28.8 Å². The van der Waals surface area contributed by atoms with Crippen molar-refractivity contribution in [2.75, 3.05) is 0 Å². The van der Waals surface area contributed by atoms with Gasteiger partial charge in [-0.1, -0.05) is 0 Å². The lowest BCUT2D eigenvalue weighted by atomic mass is 10.3. The van der Waals surface area contributed by atoms with E-state index in [1.807, 2.05) is 18.2 Å². The van der Waals surface area contributed by atoms with Crippen LogP contribution in [0.4, 0.5) is 0 Å². The fraction of sp³-hybridized carbons (Fsp3) is 0.125. The molecule has 0 fully saturated rings. The van der Waals surface area contributed by atoms with Gasteiger partial charge in [0.05, 0.1) is 6.54 Å². The molecule has 2 heterocycles. The second kappa shape index (κ2) is 2.83. The molecule has 4 heteroatoms. The van der Waals surface area contributed by atoms with Gasteiger partial charge in [-0.3, -0.25) is 5.10 Å². The monoisotopic (exact) mass is 163 g/mol. The highest BCUT2D eigenvalue weighted by atomic mass is 16.3. The number of aromatic nitrogens is 2. The van der Waals surface area contributed by atoms with E-state index in [9.17, 15) is 0 Å². The number of rotatable bonds is 2. The van der Waals surface area contributed by atoms with Gasteiger partial charge in [0.2, 0.25) is 0 Å². The Morgan fingerprint density at radius 1 is 1.42 bits per heavy atom. The van der Waals surface area contributed by atoms with Gasteiger partial charge in [-0.25, -0.2) is 0 Å². The zero-order valence-electron chi connectivity index (χ0n) is 6.45. The van der Waals surface area contributed by atoms with Gasteiger partial charge in [0.15, 0.2) is 5.76 Å². The lowest BCUT2D eigenvalue weighted by Gasteiger charge is -1.89. The normalized spacial score (nSPS) is 10.4. The maximum atomic E-state index is 5.40. The molecular weight excluding hydrogens is 154 g/mol. The van der Waals surface area contributed by atoms with Crippen LogP contribution in [0.2, 0.25) is 0 Å². The van der Waals surface area contributed by atoms with Gasteiger partial charge in [-0.05, 0) is 18.2 Å². The molecule has 0 spiro atoms. The van der Waals surface area contributed by atoms with Crippen LogP contribution in [0.25, 0.3) is 11.5 Å². The van der Waals surface area contributed by atoms with Crippen molar-refractivity contribution in [3.8, 4) is 11.5 Å². The molecule has 2 rings (SSSR count). The summed E-state index contributed by atoms with van der Waals surface area (Å²) < 4.78 is 5.38. The summed E-state index contributed by atoms with van der Waals surface area (Å²) in [5.41, 5.74) is 6.27. The second-order valence-corrected chi connectivity index (χ2v) is 2.44. The molecule has 0 aromatic carbocycles. The summed E-state index contributed by atoms with van der Waals surface area (Å²) in [5, 5.41) is 6.62. The molecule has 4 nitrogen and oxygen atoms in total. The van der Waals surface area contributed by atoms with Gasteiger partial charge in [0, 0.05) is 6.20 Å². The number of hydrogen-bond donors (Lipinski definition) is 2. The van der Waals surface area contributed by atoms with Crippen molar-refractivity contribution >= 4 is 0 Å². The first-order chi connectivity index (χ1) is 5.90. The molecule has 3 N–H and O–H groups in total. The minimum absolute atomic E-state index is 0.425. The smallest absolute Gasteiger partial charge is 0.152 e. The number of aromatic amines is 1. The maximum absolute atomic E-state index is 5.40. The van der Waals surface area contributed by atoms with E-state index in [1.165, 1.54) is 0 Å². The highest BCUT2D eigenvalue weighted by Crippen LogP contribution is 2.18. The maximum Gasteiger partial charge on any atom is 0.152 e. The molecule has 0 unspecified atom stereocenters. The van der Waals surface area contributed by atoms with Crippen molar-refractivity contribution < 1.29 is 4.42 Å². The molecule has 0 aliphatic carbocycles. The predicted molar refractivity (Wildman–Crippen MR) is 44.2 cm³/mol. The molecular formula is C8H9N3O. The van der Waals surface area contributed by atoms with Crippen molar-refractivity contribution in [3.05, 3.63) is 30.2 Å². The Morgan fingerprint density at radius 3 is 2.92 bits per heavy atom. The van der Waals surface area contributed by atoms with Crippen molar-refractivity contribution in [1.29, 1.82) is 0 Å². The van der Waals surface area contributed by atoms with Crippen LogP contribution >= 0.6 is 0 Å². The van der Waals surface area contributed by atoms with E-state index in [2.05, 4.69) is 10.2 Å². The molecule has 0 aliphatic heterocycles. The Morgan fingerprint density at radius 2 is 2.33 bits per heavy atom. The highest BCUT2D eigenvalue weighted by molar-refractivity contribution is 5.51. The lowest BCUT2D eigenvalue weighted by Crippen LogP contribution is -1.92. The number of H-pyrrole nitrogens is 1. The fourth-order valence-corrected chi connectivity index (χ4v) is 1.03. The Balaban J connectivity index is 2.35.